The Hall–Kier alpha value is -3.91. The minimum Gasteiger partial charge on any atom is -0.452 e. The second kappa shape index (κ2) is 11.3. The van der Waals surface area contributed by atoms with Crippen LogP contribution in [0.1, 0.15) is 32.7 Å². The molecule has 0 aliphatic heterocycles. The van der Waals surface area contributed by atoms with Crippen molar-refractivity contribution in [2.24, 2.45) is 0 Å². The highest BCUT2D eigenvalue weighted by Crippen LogP contribution is 2.22. The third-order valence-electron chi connectivity index (χ3n) is 4.95. The zero-order chi connectivity index (χ0) is 24.7. The normalized spacial score (nSPS) is 10.8. The lowest BCUT2D eigenvalue weighted by molar-refractivity contribution is -0.142. The number of nitrogens with one attached hydrogen (secondary N) is 2. The molecule has 0 saturated carbocycles. The zero-order valence-corrected chi connectivity index (χ0v) is 19.8. The number of aromatic nitrogens is 2. The van der Waals surface area contributed by atoms with Crippen LogP contribution in [0.25, 0.3) is 6.08 Å². The van der Waals surface area contributed by atoms with Gasteiger partial charge in [-0.25, -0.2) is 9.48 Å². The van der Waals surface area contributed by atoms with Crippen LogP contribution in [0.15, 0.2) is 54.6 Å². The van der Waals surface area contributed by atoms with Crippen LogP contribution in [0.5, 0.6) is 0 Å². The van der Waals surface area contributed by atoms with Gasteiger partial charge in [-0.15, -0.1) is 0 Å². The van der Waals surface area contributed by atoms with Gasteiger partial charge in [0.15, 0.2) is 6.61 Å². The van der Waals surface area contributed by atoms with E-state index in [1.807, 2.05) is 31.2 Å². The summed E-state index contributed by atoms with van der Waals surface area (Å²) in [5, 5.41) is 9.96. The molecule has 9 heteroatoms. The molecule has 3 rings (SSSR count). The maximum Gasteiger partial charge on any atom is 0.331 e. The summed E-state index contributed by atoms with van der Waals surface area (Å²) in [5.41, 5.74) is 4.44. The van der Waals surface area contributed by atoms with Crippen molar-refractivity contribution >= 4 is 41.1 Å². The number of anilines is 1. The van der Waals surface area contributed by atoms with Gasteiger partial charge in [0, 0.05) is 29.9 Å². The Bertz CT molecular complexity index is 1210. The number of aryl methyl sites for hydroxylation is 2. The van der Waals surface area contributed by atoms with Gasteiger partial charge in [0.05, 0.1) is 12.2 Å². The number of ether oxygens (including phenoxy) is 1. The van der Waals surface area contributed by atoms with Gasteiger partial charge in [-0.3, -0.25) is 9.59 Å². The highest BCUT2D eigenvalue weighted by molar-refractivity contribution is 6.31. The van der Waals surface area contributed by atoms with Gasteiger partial charge >= 0.3 is 5.97 Å². The molecule has 0 atom stereocenters. The fourth-order valence-electron chi connectivity index (χ4n) is 3.11. The quantitative estimate of drug-likeness (QED) is 0.377. The van der Waals surface area contributed by atoms with E-state index in [4.69, 9.17) is 16.3 Å². The molecule has 0 saturated heterocycles. The smallest absolute Gasteiger partial charge is 0.331 e. The summed E-state index contributed by atoms with van der Waals surface area (Å²) >= 11 is 6.46. The molecular weight excluding hydrogens is 456 g/mol. The van der Waals surface area contributed by atoms with Gasteiger partial charge in [-0.2, -0.15) is 5.10 Å². The third kappa shape index (κ3) is 6.55. The van der Waals surface area contributed by atoms with Crippen LogP contribution in [-0.4, -0.2) is 41.2 Å². The predicted octanol–water partition coefficient (Wildman–Crippen LogP) is 3.76. The molecule has 1 aromatic heterocycles. The Morgan fingerprint density at radius 1 is 1.06 bits per heavy atom. The number of carbonyl (C=O) groups is 3. The van der Waals surface area contributed by atoms with Crippen molar-refractivity contribution < 1.29 is 19.1 Å². The lowest BCUT2D eigenvalue weighted by Gasteiger charge is -2.06. The highest BCUT2D eigenvalue weighted by atomic mass is 35.5. The number of carbonyl (C=O) groups excluding carboxylic acids is 3. The molecular formula is C25H25ClN4O4. The minimum absolute atomic E-state index is 0.227. The van der Waals surface area contributed by atoms with E-state index in [1.54, 1.807) is 35.9 Å². The van der Waals surface area contributed by atoms with Crippen LogP contribution in [0.3, 0.4) is 0 Å². The first kappa shape index (κ1) is 24.7. The Kier molecular flexibility index (Phi) is 8.21. The van der Waals surface area contributed by atoms with E-state index in [9.17, 15) is 14.4 Å². The molecule has 176 valence electrons. The Morgan fingerprint density at radius 2 is 1.74 bits per heavy atom. The monoisotopic (exact) mass is 480 g/mol. The summed E-state index contributed by atoms with van der Waals surface area (Å²) < 4.78 is 6.66. The molecule has 8 nitrogen and oxygen atoms in total. The van der Waals surface area contributed by atoms with Gasteiger partial charge in [-0.1, -0.05) is 41.4 Å². The van der Waals surface area contributed by atoms with E-state index in [2.05, 4.69) is 15.7 Å². The largest absolute Gasteiger partial charge is 0.452 e. The fourth-order valence-corrected chi connectivity index (χ4v) is 3.41. The van der Waals surface area contributed by atoms with Crippen LogP contribution >= 0.6 is 11.6 Å². The minimum atomic E-state index is -0.688. The molecule has 0 aliphatic rings. The first-order valence-corrected chi connectivity index (χ1v) is 10.9. The van der Waals surface area contributed by atoms with Crippen molar-refractivity contribution in [2.45, 2.75) is 20.4 Å². The summed E-state index contributed by atoms with van der Waals surface area (Å²) in [6.07, 6.45) is 2.73. The second-order valence-corrected chi connectivity index (χ2v) is 7.94. The topological polar surface area (TPSA) is 102 Å². The van der Waals surface area contributed by atoms with Crippen molar-refractivity contribution in [3.05, 3.63) is 87.7 Å². The standard InChI is InChI=1S/C25H25ClN4O4/c1-16-4-6-18(7-5-16)14-30-24(26)21(17(2)29-30)12-13-23(32)34-15-22(31)28-20-10-8-19(9-11-20)25(33)27-3/h4-13H,14-15H2,1-3H3,(H,27,33)(H,28,31)/b13-12+. The van der Waals surface area contributed by atoms with E-state index in [1.165, 1.54) is 24.8 Å². The van der Waals surface area contributed by atoms with Crippen LogP contribution < -0.4 is 10.6 Å². The van der Waals surface area contributed by atoms with Crippen molar-refractivity contribution in [3.63, 3.8) is 0 Å². The second-order valence-electron chi connectivity index (χ2n) is 7.58. The van der Waals surface area contributed by atoms with Gasteiger partial charge in [0.1, 0.15) is 5.15 Å². The molecule has 0 bridgehead atoms. The molecule has 2 aromatic carbocycles. The molecule has 34 heavy (non-hydrogen) atoms. The number of nitrogens with zero attached hydrogens (tertiary/aromatic N) is 2. The van der Waals surface area contributed by atoms with Crippen LogP contribution in [0, 0.1) is 13.8 Å². The van der Waals surface area contributed by atoms with Crippen molar-refractivity contribution in [1.82, 2.24) is 15.1 Å². The summed E-state index contributed by atoms with van der Waals surface area (Å²) in [7, 11) is 1.54. The summed E-state index contributed by atoms with van der Waals surface area (Å²) in [4.78, 5) is 35.7. The average Bonchev–Trinajstić information content (AvgIpc) is 3.09. The lowest BCUT2D eigenvalue weighted by atomic mass is 10.1. The molecule has 0 unspecified atom stereocenters. The van der Waals surface area contributed by atoms with Gasteiger partial charge in [0.25, 0.3) is 11.8 Å². The first-order chi connectivity index (χ1) is 16.3. The van der Waals surface area contributed by atoms with E-state index >= 15 is 0 Å². The number of hydrogen-bond acceptors (Lipinski definition) is 5. The van der Waals surface area contributed by atoms with Crippen LogP contribution in [0.2, 0.25) is 5.15 Å². The maximum absolute atomic E-state index is 12.1. The van der Waals surface area contributed by atoms with Crippen LogP contribution in [-0.2, 0) is 20.9 Å². The molecule has 2 N–H and O–H groups in total. The van der Waals surface area contributed by atoms with Gasteiger partial charge < -0.3 is 15.4 Å². The molecule has 0 aliphatic carbocycles. The van der Waals surface area contributed by atoms with E-state index in [0.717, 1.165) is 5.56 Å². The van der Waals surface area contributed by atoms with Crippen molar-refractivity contribution in [1.29, 1.82) is 0 Å². The third-order valence-corrected chi connectivity index (χ3v) is 5.35. The van der Waals surface area contributed by atoms with Gasteiger partial charge in [0.2, 0.25) is 0 Å². The fraction of sp³-hybridized carbons (Fsp3) is 0.200. The van der Waals surface area contributed by atoms with E-state index in [-0.39, 0.29) is 5.91 Å². The SMILES string of the molecule is CNC(=O)c1ccc(NC(=O)COC(=O)/C=C/c2c(C)nn(Cc3ccc(C)cc3)c2Cl)cc1. The number of halogens is 1. The Balaban J connectivity index is 1.53. The number of benzene rings is 2. The molecule has 3 aromatic rings. The van der Waals surface area contributed by atoms with Crippen molar-refractivity contribution in [3.8, 4) is 0 Å². The highest BCUT2D eigenvalue weighted by Gasteiger charge is 2.13. The van der Waals surface area contributed by atoms with Crippen molar-refractivity contribution in [2.75, 3.05) is 19.0 Å². The molecule has 0 fully saturated rings. The average molecular weight is 481 g/mol. The lowest BCUT2D eigenvalue weighted by Crippen LogP contribution is -2.20. The Labute approximate surface area is 202 Å². The first-order valence-electron chi connectivity index (χ1n) is 10.5. The summed E-state index contributed by atoms with van der Waals surface area (Å²) in [5.74, 6) is -1.42. The molecule has 0 spiro atoms. The number of amides is 2. The Morgan fingerprint density at radius 3 is 2.38 bits per heavy atom. The zero-order valence-electron chi connectivity index (χ0n) is 19.1. The number of esters is 1. The molecule has 2 amide bonds. The maximum atomic E-state index is 12.1. The molecule has 0 radical (unpaired) electrons. The van der Waals surface area contributed by atoms with E-state index in [0.29, 0.717) is 34.2 Å². The number of rotatable bonds is 8. The summed E-state index contributed by atoms with van der Waals surface area (Å²) in [6.45, 7) is 3.86. The molecule has 1 heterocycles. The van der Waals surface area contributed by atoms with Crippen LogP contribution in [0.4, 0.5) is 5.69 Å². The summed E-state index contributed by atoms with van der Waals surface area (Å²) in [6, 6.07) is 14.4. The number of hydrogen-bond donors (Lipinski definition) is 2. The van der Waals surface area contributed by atoms with Gasteiger partial charge in [-0.05, 0) is 49.8 Å². The predicted molar refractivity (Wildman–Crippen MR) is 131 cm³/mol. The van der Waals surface area contributed by atoms with E-state index < -0.39 is 18.5 Å².